The Morgan fingerprint density at radius 1 is 0.952 bits per heavy atom. The van der Waals surface area contributed by atoms with Crippen molar-refractivity contribution in [2.45, 2.75) is 12.8 Å². The number of hydrogen-bond donors (Lipinski definition) is 0. The van der Waals surface area contributed by atoms with Crippen LogP contribution < -0.4 is 0 Å². The minimum absolute atomic E-state index is 0.347. The zero-order valence-electron chi connectivity index (χ0n) is 11.8. The maximum absolute atomic E-state index is 3.86. The fraction of sp³-hybridized carbons (Fsp3) is 0.100. The van der Waals surface area contributed by atoms with Crippen molar-refractivity contribution >= 4 is 32.8 Å². The molecule has 102 valence electrons. The van der Waals surface area contributed by atoms with Gasteiger partial charge in [0.15, 0.2) is 0 Å². The first-order chi connectivity index (χ1) is 10.3. The highest BCUT2D eigenvalue weighted by molar-refractivity contribution is 9.10. The molecule has 0 bridgehead atoms. The van der Waals surface area contributed by atoms with E-state index in [9.17, 15) is 0 Å². The molecule has 1 heteroatoms. The molecule has 1 aliphatic rings. The van der Waals surface area contributed by atoms with Gasteiger partial charge in [-0.3, -0.25) is 0 Å². The summed E-state index contributed by atoms with van der Waals surface area (Å²) < 4.78 is 1.23. The topological polar surface area (TPSA) is 0 Å². The van der Waals surface area contributed by atoms with Gasteiger partial charge in [-0.05, 0) is 55.9 Å². The predicted octanol–water partition coefficient (Wildman–Crippen LogP) is 6.07. The molecule has 1 unspecified atom stereocenters. The summed E-state index contributed by atoms with van der Waals surface area (Å²) in [6.07, 6.45) is 4.55. The second kappa shape index (κ2) is 4.85. The van der Waals surface area contributed by atoms with Crippen molar-refractivity contribution < 1.29 is 0 Å². The zero-order chi connectivity index (χ0) is 14.4. The molecule has 1 aliphatic carbocycles. The van der Waals surface area contributed by atoms with Crippen LogP contribution in [-0.4, -0.2) is 0 Å². The molecule has 3 aromatic rings. The lowest BCUT2D eigenvalue weighted by Gasteiger charge is -2.18. The Bertz CT molecular complexity index is 874. The van der Waals surface area contributed by atoms with Crippen molar-refractivity contribution in [1.29, 1.82) is 0 Å². The molecule has 1 atom stereocenters. The first-order valence-corrected chi connectivity index (χ1v) is 8.00. The largest absolute Gasteiger partial charge is 0.0720 e. The Hall–Kier alpha value is -1.86. The molecule has 0 fully saturated rings. The molecule has 21 heavy (non-hydrogen) atoms. The van der Waals surface area contributed by atoms with Crippen molar-refractivity contribution in [2.75, 3.05) is 0 Å². The number of hydrogen-bond acceptors (Lipinski definition) is 0. The molecule has 0 saturated heterocycles. The van der Waals surface area contributed by atoms with Gasteiger partial charge < -0.3 is 0 Å². The molecule has 0 saturated carbocycles. The zero-order valence-corrected chi connectivity index (χ0v) is 13.4. The summed E-state index contributed by atoms with van der Waals surface area (Å²) in [5.41, 5.74) is 5.46. The van der Waals surface area contributed by atoms with Gasteiger partial charge in [-0.15, -0.1) is 0 Å². The van der Waals surface area contributed by atoms with E-state index in [1.807, 2.05) is 0 Å². The number of fused-ring (bicyclic) bond motifs is 2. The molecule has 0 aliphatic heterocycles. The Balaban J connectivity index is 1.98. The highest BCUT2D eigenvalue weighted by Gasteiger charge is 2.23. The van der Waals surface area contributed by atoms with Crippen LogP contribution in [0.15, 0.2) is 65.1 Å². The molecular formula is C20H15Br. The van der Waals surface area contributed by atoms with E-state index in [0.717, 1.165) is 0 Å². The van der Waals surface area contributed by atoms with Gasteiger partial charge in [0.05, 0.1) is 0 Å². The predicted molar refractivity (Wildman–Crippen MR) is 93.7 cm³/mol. The lowest BCUT2D eigenvalue weighted by molar-refractivity contribution is 1.02. The lowest BCUT2D eigenvalue weighted by Crippen LogP contribution is -2.00. The standard InChI is InChI=1S/C20H15Br/c1-13-12-15-7-3-5-9-17(15)20(21)19(13)18-11-10-14-6-2-4-8-16(14)18/h2-12,18H,1H3. The summed E-state index contributed by atoms with van der Waals surface area (Å²) in [4.78, 5) is 0. The molecule has 0 amide bonds. The molecule has 0 spiro atoms. The molecule has 0 aromatic heterocycles. The fourth-order valence-electron chi connectivity index (χ4n) is 3.33. The third-order valence-electron chi connectivity index (χ3n) is 4.34. The van der Waals surface area contributed by atoms with Crippen molar-refractivity contribution in [2.24, 2.45) is 0 Å². The first kappa shape index (κ1) is 12.8. The van der Waals surface area contributed by atoms with Gasteiger partial charge in [0.2, 0.25) is 0 Å². The highest BCUT2D eigenvalue weighted by atomic mass is 79.9. The third-order valence-corrected chi connectivity index (χ3v) is 5.20. The van der Waals surface area contributed by atoms with Crippen LogP contribution in [0.4, 0.5) is 0 Å². The van der Waals surface area contributed by atoms with Crippen LogP contribution in [0.3, 0.4) is 0 Å². The van der Waals surface area contributed by atoms with E-state index in [1.165, 1.54) is 37.5 Å². The molecule has 3 aromatic carbocycles. The maximum Gasteiger partial charge on any atom is 0.0297 e. The van der Waals surface area contributed by atoms with E-state index in [0.29, 0.717) is 5.92 Å². The van der Waals surface area contributed by atoms with Crippen molar-refractivity contribution in [3.63, 3.8) is 0 Å². The summed E-state index contributed by atoms with van der Waals surface area (Å²) in [7, 11) is 0. The molecular weight excluding hydrogens is 320 g/mol. The van der Waals surface area contributed by atoms with Crippen LogP contribution >= 0.6 is 15.9 Å². The minimum atomic E-state index is 0.347. The Kier molecular flexibility index (Phi) is 2.97. The van der Waals surface area contributed by atoms with E-state index in [1.54, 1.807) is 0 Å². The molecule has 0 nitrogen and oxygen atoms in total. The van der Waals surface area contributed by atoms with Crippen LogP contribution in [0.2, 0.25) is 0 Å². The molecule has 4 rings (SSSR count). The summed E-state index contributed by atoms with van der Waals surface area (Å²) in [5, 5.41) is 2.58. The van der Waals surface area contributed by atoms with Crippen LogP contribution in [0.1, 0.15) is 28.2 Å². The van der Waals surface area contributed by atoms with Crippen molar-refractivity contribution in [1.82, 2.24) is 0 Å². The van der Waals surface area contributed by atoms with E-state index < -0.39 is 0 Å². The van der Waals surface area contributed by atoms with Crippen LogP contribution in [0.5, 0.6) is 0 Å². The van der Waals surface area contributed by atoms with Crippen molar-refractivity contribution in [3.05, 3.63) is 87.4 Å². The van der Waals surface area contributed by atoms with E-state index in [2.05, 4.69) is 89.6 Å². The second-order valence-corrected chi connectivity index (χ2v) is 6.40. The van der Waals surface area contributed by atoms with Crippen LogP contribution in [0, 0.1) is 6.92 Å². The SMILES string of the molecule is Cc1cc2ccccc2c(Br)c1C1C=Cc2ccccc21. The van der Waals surface area contributed by atoms with Crippen LogP contribution in [0.25, 0.3) is 16.8 Å². The Labute approximate surface area is 133 Å². The molecule has 0 N–H and O–H groups in total. The number of aryl methyl sites for hydroxylation is 1. The smallest absolute Gasteiger partial charge is 0.0297 e. The van der Waals surface area contributed by atoms with Gasteiger partial charge in [0, 0.05) is 10.4 Å². The van der Waals surface area contributed by atoms with Gasteiger partial charge >= 0.3 is 0 Å². The van der Waals surface area contributed by atoms with Crippen LogP contribution in [-0.2, 0) is 0 Å². The van der Waals surface area contributed by atoms with E-state index >= 15 is 0 Å². The lowest BCUT2D eigenvalue weighted by atomic mass is 9.88. The summed E-state index contributed by atoms with van der Waals surface area (Å²) in [5.74, 6) is 0.347. The average molecular weight is 335 g/mol. The third kappa shape index (κ3) is 1.96. The monoisotopic (exact) mass is 334 g/mol. The quantitative estimate of drug-likeness (QED) is 0.506. The summed E-state index contributed by atoms with van der Waals surface area (Å²) in [6, 6.07) is 19.5. The minimum Gasteiger partial charge on any atom is -0.0720 e. The second-order valence-electron chi connectivity index (χ2n) is 5.61. The number of rotatable bonds is 1. The summed E-state index contributed by atoms with van der Waals surface area (Å²) >= 11 is 3.86. The Morgan fingerprint density at radius 2 is 1.71 bits per heavy atom. The molecule has 0 heterocycles. The summed E-state index contributed by atoms with van der Waals surface area (Å²) in [6.45, 7) is 2.21. The molecule has 0 radical (unpaired) electrons. The number of halogens is 1. The van der Waals surface area contributed by atoms with E-state index in [4.69, 9.17) is 0 Å². The highest BCUT2D eigenvalue weighted by Crippen LogP contribution is 2.42. The van der Waals surface area contributed by atoms with Crippen molar-refractivity contribution in [3.8, 4) is 0 Å². The average Bonchev–Trinajstić information content (AvgIpc) is 2.91. The Morgan fingerprint density at radius 3 is 2.62 bits per heavy atom. The van der Waals surface area contributed by atoms with E-state index in [-0.39, 0.29) is 0 Å². The van der Waals surface area contributed by atoms with Gasteiger partial charge in [-0.2, -0.15) is 0 Å². The van der Waals surface area contributed by atoms with Gasteiger partial charge in [-0.1, -0.05) is 66.7 Å². The first-order valence-electron chi connectivity index (χ1n) is 7.20. The fourth-order valence-corrected chi connectivity index (χ4v) is 4.26. The normalized spacial score (nSPS) is 16.4. The van der Waals surface area contributed by atoms with Gasteiger partial charge in [0.1, 0.15) is 0 Å². The van der Waals surface area contributed by atoms with Gasteiger partial charge in [0.25, 0.3) is 0 Å². The maximum atomic E-state index is 3.86. The number of allylic oxidation sites excluding steroid dienone is 1. The number of benzene rings is 3. The van der Waals surface area contributed by atoms with Gasteiger partial charge in [-0.25, -0.2) is 0 Å².